The van der Waals surface area contributed by atoms with Crippen LogP contribution in [0.2, 0.25) is 0 Å². The third kappa shape index (κ3) is 5.18. The highest BCUT2D eigenvalue weighted by Gasteiger charge is 2.54. The highest BCUT2D eigenvalue weighted by Crippen LogP contribution is 2.37. The summed E-state index contributed by atoms with van der Waals surface area (Å²) in [6, 6.07) is 5.54. The summed E-state index contributed by atoms with van der Waals surface area (Å²) < 4.78 is 27.9. The van der Waals surface area contributed by atoms with Crippen molar-refractivity contribution in [2.45, 2.75) is 57.3 Å². The van der Waals surface area contributed by atoms with Crippen LogP contribution in [0.1, 0.15) is 50.4 Å². The molecule has 1 atom stereocenters. The van der Waals surface area contributed by atoms with Gasteiger partial charge in [0, 0.05) is 17.2 Å². The van der Waals surface area contributed by atoms with Crippen molar-refractivity contribution >= 4 is 57.1 Å². The van der Waals surface area contributed by atoms with E-state index in [1.807, 2.05) is 22.6 Å². The van der Waals surface area contributed by atoms with Crippen LogP contribution >= 0.6 is 22.6 Å². The van der Waals surface area contributed by atoms with Gasteiger partial charge in [0.25, 0.3) is 11.5 Å². The first-order chi connectivity index (χ1) is 18.8. The molecular weight excluding hydrogens is 634 g/mol. The highest BCUT2D eigenvalue weighted by molar-refractivity contribution is 14.1. The van der Waals surface area contributed by atoms with Crippen LogP contribution in [0.4, 0.5) is 20.7 Å². The van der Waals surface area contributed by atoms with Gasteiger partial charge in [0.15, 0.2) is 5.58 Å². The lowest BCUT2D eigenvalue weighted by Crippen LogP contribution is -2.73. The van der Waals surface area contributed by atoms with Gasteiger partial charge in [-0.15, -0.1) is 0 Å². The van der Waals surface area contributed by atoms with E-state index < -0.39 is 40.6 Å². The van der Waals surface area contributed by atoms with Gasteiger partial charge in [-0.3, -0.25) is 14.2 Å². The van der Waals surface area contributed by atoms with Crippen LogP contribution < -0.4 is 10.9 Å². The monoisotopic (exact) mass is 666 g/mol. The molecule has 0 saturated carbocycles. The van der Waals surface area contributed by atoms with E-state index >= 15 is 0 Å². The molecule has 0 aliphatic carbocycles. The number of fused-ring (bicyclic) bond motifs is 1. The Labute approximate surface area is 244 Å². The molecule has 40 heavy (non-hydrogen) atoms. The van der Waals surface area contributed by atoms with E-state index in [4.69, 9.17) is 9.15 Å². The second-order valence-corrected chi connectivity index (χ2v) is 12.7. The quantitative estimate of drug-likeness (QED) is 0.392. The number of ether oxygens (including phenoxy) is 1. The topological polar surface area (TPSA) is 117 Å². The van der Waals surface area contributed by atoms with Crippen LogP contribution in [0.15, 0.2) is 39.7 Å². The molecule has 3 aromatic rings. The Kier molecular flexibility index (Phi) is 7.36. The first kappa shape index (κ1) is 28.4. The molecule has 2 saturated heterocycles. The minimum atomic E-state index is -1.33. The van der Waals surface area contributed by atoms with Crippen molar-refractivity contribution in [2.75, 3.05) is 25.0 Å². The van der Waals surface area contributed by atoms with Crippen LogP contribution in [0, 0.1) is 9.39 Å². The number of aromatic nitrogens is 1. The van der Waals surface area contributed by atoms with Gasteiger partial charge in [-0.2, -0.15) is 0 Å². The number of carbonyl (C=O) groups excluding carboxylic acids is 2. The van der Waals surface area contributed by atoms with Crippen LogP contribution in [0.3, 0.4) is 0 Å². The van der Waals surface area contributed by atoms with Crippen LogP contribution in [-0.2, 0) is 11.8 Å². The number of hydrogen-bond acceptors (Lipinski definition) is 7. The zero-order chi connectivity index (χ0) is 29.0. The first-order valence-corrected chi connectivity index (χ1v) is 14.2. The molecule has 5 rings (SSSR count). The second-order valence-electron chi connectivity index (χ2n) is 11.5. The molecule has 2 aliphatic heterocycles. The SMILES string of the molecule is Cn1c(Nc2ccc(I)cc2F)c(C(=O)N2CC(O)(C3CCCCN3C(=O)OC(C)(C)C)C2)c2occc2c1=O. The Hall–Kier alpha value is -3.13. The molecule has 0 spiro atoms. The van der Waals surface area contributed by atoms with Crippen molar-refractivity contribution in [3.63, 3.8) is 0 Å². The van der Waals surface area contributed by atoms with Gasteiger partial charge in [-0.1, -0.05) is 0 Å². The molecule has 0 radical (unpaired) electrons. The second kappa shape index (κ2) is 10.4. The lowest BCUT2D eigenvalue weighted by atomic mass is 9.80. The summed E-state index contributed by atoms with van der Waals surface area (Å²) in [5.41, 5.74) is -2.21. The third-order valence-electron chi connectivity index (χ3n) is 7.37. The molecule has 4 heterocycles. The molecule has 2 fully saturated rings. The molecule has 0 bridgehead atoms. The Balaban J connectivity index is 1.45. The fourth-order valence-electron chi connectivity index (χ4n) is 5.45. The fraction of sp³-hybridized carbons (Fsp3) is 0.464. The Morgan fingerprint density at radius 3 is 2.62 bits per heavy atom. The minimum absolute atomic E-state index is 0.0296. The average Bonchev–Trinajstić information content (AvgIpc) is 3.35. The minimum Gasteiger partial charge on any atom is -0.463 e. The van der Waals surface area contributed by atoms with Gasteiger partial charge < -0.3 is 29.4 Å². The zero-order valence-electron chi connectivity index (χ0n) is 22.8. The van der Waals surface area contributed by atoms with Crippen LogP contribution in [-0.4, -0.2) is 68.4 Å². The number of pyridine rings is 1. The summed E-state index contributed by atoms with van der Waals surface area (Å²) in [5.74, 6) is -0.968. The predicted molar refractivity (Wildman–Crippen MR) is 155 cm³/mol. The number of hydrogen-bond donors (Lipinski definition) is 2. The van der Waals surface area contributed by atoms with Crippen LogP contribution in [0.5, 0.6) is 0 Å². The molecule has 2 N–H and O–H groups in total. The number of furan rings is 1. The fourth-order valence-corrected chi connectivity index (χ4v) is 5.90. The van der Waals surface area contributed by atoms with Gasteiger partial charge in [0.05, 0.1) is 36.5 Å². The van der Waals surface area contributed by atoms with E-state index in [2.05, 4.69) is 5.32 Å². The van der Waals surface area contributed by atoms with Crippen molar-refractivity contribution < 1.29 is 28.2 Å². The van der Waals surface area contributed by atoms with Crippen molar-refractivity contribution in [3.8, 4) is 0 Å². The van der Waals surface area contributed by atoms with Crippen LogP contribution in [0.25, 0.3) is 11.0 Å². The smallest absolute Gasteiger partial charge is 0.410 e. The number of aliphatic hydroxyl groups is 1. The van der Waals surface area contributed by atoms with E-state index in [1.54, 1.807) is 31.7 Å². The van der Waals surface area contributed by atoms with Gasteiger partial charge in [0.1, 0.15) is 28.4 Å². The Bertz CT molecular complexity index is 1540. The number of halogens is 2. The van der Waals surface area contributed by atoms with Crippen molar-refractivity contribution in [2.24, 2.45) is 7.05 Å². The normalized spacial score (nSPS) is 18.9. The summed E-state index contributed by atoms with van der Waals surface area (Å²) in [5, 5.41) is 14.7. The van der Waals surface area contributed by atoms with E-state index in [0.29, 0.717) is 16.5 Å². The lowest BCUT2D eigenvalue weighted by molar-refractivity contribution is -0.137. The third-order valence-corrected chi connectivity index (χ3v) is 8.04. The predicted octanol–water partition coefficient (Wildman–Crippen LogP) is 4.60. The zero-order valence-corrected chi connectivity index (χ0v) is 25.0. The Morgan fingerprint density at radius 1 is 1.23 bits per heavy atom. The molecule has 10 nitrogen and oxygen atoms in total. The number of likely N-dealkylation sites (tertiary alicyclic amines) is 2. The molecule has 2 amide bonds. The largest absolute Gasteiger partial charge is 0.463 e. The number of amides is 2. The van der Waals surface area contributed by atoms with Gasteiger partial charge in [0.2, 0.25) is 0 Å². The summed E-state index contributed by atoms with van der Waals surface area (Å²) >= 11 is 1.99. The molecule has 2 aliphatic rings. The lowest BCUT2D eigenvalue weighted by Gasteiger charge is -2.54. The maximum absolute atomic E-state index is 14.8. The van der Waals surface area contributed by atoms with E-state index in [-0.39, 0.29) is 41.1 Å². The average molecular weight is 666 g/mol. The Morgan fingerprint density at radius 2 is 1.95 bits per heavy atom. The number of benzene rings is 1. The number of carbonyl (C=O) groups is 2. The summed E-state index contributed by atoms with van der Waals surface area (Å²) in [4.78, 5) is 42.9. The maximum Gasteiger partial charge on any atom is 0.410 e. The van der Waals surface area contributed by atoms with E-state index in [1.165, 1.54) is 41.0 Å². The van der Waals surface area contributed by atoms with E-state index in [0.717, 1.165) is 12.8 Å². The summed E-state index contributed by atoms with van der Waals surface area (Å²) in [6.07, 6.45) is 3.05. The number of piperidine rings is 1. The van der Waals surface area contributed by atoms with Crippen molar-refractivity contribution in [1.29, 1.82) is 0 Å². The molecule has 1 unspecified atom stereocenters. The van der Waals surface area contributed by atoms with Crippen molar-refractivity contribution in [3.05, 3.63) is 55.8 Å². The number of nitrogens with one attached hydrogen (secondary N) is 1. The number of nitrogens with zero attached hydrogens (tertiary/aromatic N) is 3. The standard InChI is InChI=1S/C28H32FIN4O6/c1-27(2,3)40-26(37)34-11-6-5-7-20(34)28(38)14-33(15-28)25(36)21-22-17(10-12-39-22)24(35)32(4)23(21)31-19-9-8-16(30)13-18(19)29/h8-10,12-13,20,31,38H,5-7,11,14-15H2,1-4H3. The summed E-state index contributed by atoms with van der Waals surface area (Å²) in [7, 11) is 1.49. The molecule has 12 heteroatoms. The molecule has 1 aromatic carbocycles. The highest BCUT2D eigenvalue weighted by atomic mass is 127. The van der Waals surface area contributed by atoms with Gasteiger partial charge in [-0.25, -0.2) is 9.18 Å². The number of anilines is 2. The van der Waals surface area contributed by atoms with E-state index in [9.17, 15) is 23.9 Å². The number of rotatable bonds is 4. The van der Waals surface area contributed by atoms with Crippen molar-refractivity contribution in [1.82, 2.24) is 14.4 Å². The van der Waals surface area contributed by atoms with Gasteiger partial charge in [-0.05, 0) is 86.9 Å². The molecule has 2 aromatic heterocycles. The first-order valence-electron chi connectivity index (χ1n) is 13.1. The molecular formula is C28H32FIN4O6. The number of β-amino-alcohol motifs (C(OH)–C–C–N with tert-alkyl or cyclic N) is 1. The van der Waals surface area contributed by atoms with Gasteiger partial charge >= 0.3 is 6.09 Å². The maximum atomic E-state index is 14.8. The molecule has 214 valence electrons. The summed E-state index contributed by atoms with van der Waals surface area (Å²) in [6.45, 7) is 5.77.